The zero-order valence-electron chi connectivity index (χ0n) is 45.3. The second-order valence-corrected chi connectivity index (χ2v) is 20.8. The van der Waals surface area contributed by atoms with E-state index in [0.29, 0.717) is 63.7 Å². The van der Waals surface area contributed by atoms with Crippen molar-refractivity contribution in [3.8, 4) is 0 Å². The summed E-state index contributed by atoms with van der Waals surface area (Å²) in [6, 6.07) is -0.941. The topological polar surface area (TPSA) is 214 Å². The molecule has 2 heterocycles. The van der Waals surface area contributed by atoms with Crippen molar-refractivity contribution in [1.29, 1.82) is 0 Å². The fourth-order valence-corrected chi connectivity index (χ4v) is 10.3. The number of aliphatic hydroxyl groups excluding tert-OH is 3. The van der Waals surface area contributed by atoms with Crippen molar-refractivity contribution in [3.05, 3.63) is 47.6 Å². The van der Waals surface area contributed by atoms with Crippen molar-refractivity contribution in [3.63, 3.8) is 0 Å². The van der Waals surface area contributed by atoms with Gasteiger partial charge in [0.2, 0.25) is 5.78 Å². The average Bonchev–Trinajstić information content (AvgIpc) is 3.35. The molecule has 3 aliphatic rings. The number of likely N-dealkylation sites (tertiary alicyclic amines) is 1. The van der Waals surface area contributed by atoms with E-state index in [1.807, 2.05) is 65.0 Å². The van der Waals surface area contributed by atoms with Gasteiger partial charge in [-0.1, -0.05) is 71.1 Å². The Morgan fingerprint density at radius 2 is 1.57 bits per heavy atom. The van der Waals surface area contributed by atoms with Crippen molar-refractivity contribution >= 4 is 29.2 Å². The maximum absolute atomic E-state index is 14.1. The minimum atomic E-state index is -1.32. The minimum Gasteiger partial charge on any atom is -0.460 e. The number of Topliss-reactive ketones (excluding diaryl/α,β-unsaturated/α-hetero) is 3. The van der Waals surface area contributed by atoms with E-state index in [-0.39, 0.29) is 85.8 Å². The van der Waals surface area contributed by atoms with Crippen LogP contribution in [-0.4, -0.2) is 159 Å². The van der Waals surface area contributed by atoms with E-state index in [0.717, 1.165) is 31.3 Å². The number of ketones is 3. The normalized spacial score (nSPS) is 26.9. The quantitative estimate of drug-likeness (QED) is 0.0213. The van der Waals surface area contributed by atoms with Gasteiger partial charge in [-0.3, -0.25) is 19.2 Å². The monoisotopic (exact) mass is 1020 g/mol. The summed E-state index contributed by atoms with van der Waals surface area (Å²) in [7, 11) is 4.71. The predicted octanol–water partition coefficient (Wildman–Crippen LogP) is 6.85. The molecule has 1 amide bonds. The zero-order chi connectivity index (χ0) is 53.5. The average molecular weight is 1020 g/mol. The second-order valence-electron chi connectivity index (χ2n) is 20.8. The molecule has 15 atom stereocenters. The summed E-state index contributed by atoms with van der Waals surface area (Å²) in [5.41, 5.74) is 1.43. The lowest BCUT2D eigenvalue weighted by Gasteiger charge is -2.38. The summed E-state index contributed by atoms with van der Waals surface area (Å²) in [6.45, 7) is 15.5. The maximum Gasteiger partial charge on any atom is 0.329 e. The Labute approximate surface area is 430 Å². The number of carbonyl (C=O) groups is 5. The molecule has 0 spiro atoms. The molecule has 2 saturated heterocycles. The van der Waals surface area contributed by atoms with Crippen LogP contribution in [0, 0.1) is 35.5 Å². The van der Waals surface area contributed by atoms with Crippen LogP contribution in [0.2, 0.25) is 0 Å². The molecule has 0 aromatic heterocycles. The molecule has 72 heavy (non-hydrogen) atoms. The molecule has 2 aliphatic heterocycles. The highest BCUT2D eigenvalue weighted by molar-refractivity contribution is 6.35. The number of rotatable bonds is 31. The lowest BCUT2D eigenvalue weighted by molar-refractivity contribution is -0.195. The number of hydrogen-bond acceptors (Lipinski definition) is 15. The highest BCUT2D eigenvalue weighted by atomic mass is 16.6. The largest absolute Gasteiger partial charge is 0.460 e. The summed E-state index contributed by atoms with van der Waals surface area (Å²) in [4.78, 5) is 68.1. The second kappa shape index (κ2) is 32.8. The van der Waals surface area contributed by atoms with Gasteiger partial charge in [-0.25, -0.2) is 4.79 Å². The third-order valence-electron chi connectivity index (χ3n) is 14.9. The van der Waals surface area contributed by atoms with Gasteiger partial charge in [-0.05, 0) is 107 Å². The molecule has 0 bridgehead atoms. The lowest BCUT2D eigenvalue weighted by atomic mass is 9.78. The van der Waals surface area contributed by atoms with Crippen LogP contribution in [0.25, 0.3) is 0 Å². The Balaban J connectivity index is 1.66. The number of piperidine rings is 1. The van der Waals surface area contributed by atoms with E-state index in [1.165, 1.54) is 18.9 Å². The van der Waals surface area contributed by atoms with Gasteiger partial charge >= 0.3 is 5.97 Å². The van der Waals surface area contributed by atoms with Gasteiger partial charge in [0.25, 0.3) is 5.91 Å². The number of hydrogen-bond donors (Lipinski definition) is 3. The van der Waals surface area contributed by atoms with Crippen LogP contribution in [0.3, 0.4) is 0 Å². The number of carbonyl (C=O) groups excluding carboxylic acids is 5. The summed E-state index contributed by atoms with van der Waals surface area (Å²) in [5.74, 6) is -3.65. The van der Waals surface area contributed by atoms with Crippen molar-refractivity contribution in [1.82, 2.24) is 4.90 Å². The molecular formula is C56H91NO15. The fourth-order valence-electron chi connectivity index (χ4n) is 10.3. The maximum atomic E-state index is 14.1. The molecule has 0 aromatic carbocycles. The van der Waals surface area contributed by atoms with E-state index in [2.05, 4.69) is 0 Å². The van der Waals surface area contributed by atoms with E-state index in [1.54, 1.807) is 34.1 Å². The smallest absolute Gasteiger partial charge is 0.329 e. The standard InChI is InChI=1S/C56H91NO15/c1-35(17-13-12-14-18-36(2)48(66-9)33-44-22-20-37(3)55(64)71-44)29-40(6)51(61)53(68-11)52(62)41(7)30-38(4)46(60)34-49(72-56(65)45-19-15-16-24-57(45)54(63)42(8)59)39(5)31-43-21-23-47(50(32-43)67-10)70-28-27-69-26-25-58/h12-14,17-18,30,35,37-40,43-45,47-50,52-53,55,58,62,64H,15-16,19-29,31-34H2,1-11H3/b14-12+,17-13+,36-18+,41-30+/t35-,37-,38-,39-,40-,43+,44+,45+,47-,48+,49+,50-,52-,53+,55+/m1/s1. The molecule has 3 fully saturated rings. The Morgan fingerprint density at radius 1 is 0.833 bits per heavy atom. The summed E-state index contributed by atoms with van der Waals surface area (Å²) in [6.07, 6.45) is 14.3. The van der Waals surface area contributed by atoms with Crippen molar-refractivity contribution < 1.29 is 72.5 Å². The summed E-state index contributed by atoms with van der Waals surface area (Å²) in [5, 5.41) is 30.6. The van der Waals surface area contributed by atoms with Gasteiger partial charge in [0.15, 0.2) is 12.1 Å². The molecular weight excluding hydrogens is 927 g/mol. The molecule has 3 rings (SSSR count). The third kappa shape index (κ3) is 20.3. The first-order valence-corrected chi connectivity index (χ1v) is 26.4. The highest BCUT2D eigenvalue weighted by Crippen LogP contribution is 2.35. The molecule has 1 aliphatic carbocycles. The number of esters is 1. The van der Waals surface area contributed by atoms with Crippen LogP contribution >= 0.6 is 0 Å². The SMILES string of the molecule is CO[C@@H](C[C@@H]1CC[C@@H](C)[C@@H](O)O1)/C(C)=C/C=C/C=C/[C@@H](C)C[C@@H](C)C(=O)[C@H](OC)[C@H](O)/C(C)=C/[C@@H](C)C(=O)C[C@H](OC(=O)[C@@H]1CCCCN1C(=O)C(C)=O)[C@H](C)C[C@@H]1CC[C@@H](OCCOCCO)[C@H](OC)C1. The van der Waals surface area contributed by atoms with Gasteiger partial charge in [-0.2, -0.15) is 0 Å². The van der Waals surface area contributed by atoms with Crippen molar-refractivity contribution in [2.24, 2.45) is 35.5 Å². The summed E-state index contributed by atoms with van der Waals surface area (Å²) >= 11 is 0. The first-order chi connectivity index (χ1) is 34.3. The molecule has 0 unspecified atom stereocenters. The molecule has 3 N–H and O–H groups in total. The van der Waals surface area contributed by atoms with E-state index < -0.39 is 60.1 Å². The van der Waals surface area contributed by atoms with E-state index >= 15 is 0 Å². The number of aliphatic hydroxyl groups is 3. The molecule has 16 nitrogen and oxygen atoms in total. The first kappa shape index (κ1) is 62.8. The van der Waals surface area contributed by atoms with Crippen LogP contribution in [-0.2, 0) is 57.1 Å². The Hall–Kier alpha value is -3.45. The van der Waals surface area contributed by atoms with Crippen LogP contribution in [0.5, 0.6) is 0 Å². The summed E-state index contributed by atoms with van der Waals surface area (Å²) < 4.78 is 40.6. The molecule has 1 saturated carbocycles. The Kier molecular flexibility index (Phi) is 28.6. The van der Waals surface area contributed by atoms with Crippen LogP contribution < -0.4 is 0 Å². The fraction of sp³-hybridized carbons (Fsp3) is 0.768. The lowest BCUT2D eigenvalue weighted by Crippen LogP contribution is -2.51. The number of nitrogens with zero attached hydrogens (tertiary/aromatic N) is 1. The van der Waals surface area contributed by atoms with Gasteiger partial charge in [-0.15, -0.1) is 0 Å². The van der Waals surface area contributed by atoms with Crippen LogP contribution in [0.4, 0.5) is 0 Å². The molecule has 410 valence electrons. The third-order valence-corrected chi connectivity index (χ3v) is 14.9. The van der Waals surface area contributed by atoms with Gasteiger partial charge in [0, 0.05) is 65.4 Å². The molecule has 0 radical (unpaired) electrons. The van der Waals surface area contributed by atoms with Crippen molar-refractivity contribution in [2.45, 2.75) is 187 Å². The van der Waals surface area contributed by atoms with Gasteiger partial charge < -0.3 is 53.4 Å². The molecule has 0 aromatic rings. The first-order valence-electron chi connectivity index (χ1n) is 26.4. The van der Waals surface area contributed by atoms with E-state index in [9.17, 15) is 34.2 Å². The van der Waals surface area contributed by atoms with Crippen LogP contribution in [0.15, 0.2) is 47.6 Å². The number of methoxy groups -OCH3 is 3. The minimum absolute atomic E-state index is 0.0334. The number of amides is 1. The Morgan fingerprint density at radius 3 is 2.22 bits per heavy atom. The zero-order valence-corrected chi connectivity index (χ0v) is 45.3. The van der Waals surface area contributed by atoms with E-state index in [4.69, 9.17) is 38.3 Å². The molecule has 16 heteroatoms. The van der Waals surface area contributed by atoms with Gasteiger partial charge in [0.1, 0.15) is 30.1 Å². The number of ether oxygens (including phenoxy) is 7. The number of allylic oxidation sites excluding steroid dienone is 6. The van der Waals surface area contributed by atoms with Crippen LogP contribution in [0.1, 0.15) is 132 Å². The van der Waals surface area contributed by atoms with Crippen molar-refractivity contribution in [2.75, 3.05) is 54.3 Å². The van der Waals surface area contributed by atoms with Gasteiger partial charge in [0.05, 0.1) is 50.8 Å². The predicted molar refractivity (Wildman–Crippen MR) is 274 cm³/mol. The highest BCUT2D eigenvalue weighted by Gasteiger charge is 2.40. The Bertz CT molecular complexity index is 1810.